The van der Waals surface area contributed by atoms with Gasteiger partial charge in [0, 0.05) is 62.5 Å². The highest BCUT2D eigenvalue weighted by Crippen LogP contribution is 2.33. The smallest absolute Gasteiger partial charge is 0.329 e. The average molecular weight is 852 g/mol. The van der Waals surface area contributed by atoms with Crippen molar-refractivity contribution < 1.29 is 22.7 Å². The third-order valence-corrected chi connectivity index (χ3v) is 15.2. The first-order valence-corrected chi connectivity index (χ1v) is 23.0. The number of nitrogens with zero attached hydrogens (tertiary/aromatic N) is 7. The monoisotopic (exact) mass is 851 g/mol. The molecule has 16 nitrogen and oxygen atoms in total. The predicted molar refractivity (Wildman–Crippen MR) is 231 cm³/mol. The minimum absolute atomic E-state index is 0.00449. The summed E-state index contributed by atoms with van der Waals surface area (Å²) in [5, 5.41) is 6.41. The van der Waals surface area contributed by atoms with Crippen LogP contribution in [0.3, 0.4) is 0 Å². The number of pyridine rings is 1. The number of aryl methyl sites for hydroxylation is 2. The van der Waals surface area contributed by atoms with Gasteiger partial charge in [-0.05, 0) is 118 Å². The summed E-state index contributed by atoms with van der Waals surface area (Å²) in [5.41, 5.74) is 4.36. The summed E-state index contributed by atoms with van der Waals surface area (Å²) in [5.74, 6) is -0.0484. The summed E-state index contributed by atoms with van der Waals surface area (Å²) in [6, 6.07) is 13.9. The van der Waals surface area contributed by atoms with Crippen LogP contribution in [-0.4, -0.2) is 98.5 Å². The van der Waals surface area contributed by atoms with Gasteiger partial charge in [-0.15, -0.1) is 0 Å². The van der Waals surface area contributed by atoms with Gasteiger partial charge in [-0.2, -0.15) is 9.29 Å². The number of likely N-dealkylation sites (tertiary alicyclic amines) is 1. The maximum atomic E-state index is 13.8. The number of hydrogen-bond acceptors (Lipinski definition) is 11. The van der Waals surface area contributed by atoms with Crippen molar-refractivity contribution in [2.45, 2.75) is 100 Å². The van der Waals surface area contributed by atoms with Gasteiger partial charge in [0.1, 0.15) is 11.7 Å². The fourth-order valence-corrected chi connectivity index (χ4v) is 11.3. The van der Waals surface area contributed by atoms with Crippen molar-refractivity contribution in [1.82, 2.24) is 38.2 Å². The molecule has 1 saturated carbocycles. The van der Waals surface area contributed by atoms with E-state index in [0.717, 1.165) is 74.6 Å². The second-order valence-corrected chi connectivity index (χ2v) is 19.0. The lowest BCUT2D eigenvalue weighted by molar-refractivity contribution is -0.135. The van der Waals surface area contributed by atoms with Crippen molar-refractivity contribution in [2.24, 2.45) is 7.05 Å². The quantitative estimate of drug-likeness (QED) is 0.177. The molecule has 1 atom stereocenters. The van der Waals surface area contributed by atoms with E-state index in [-0.39, 0.29) is 40.6 Å². The number of ether oxygens (including phenoxy) is 1. The molecule has 0 bridgehead atoms. The van der Waals surface area contributed by atoms with Crippen LogP contribution in [-0.2, 0) is 31.4 Å². The molecule has 9 rings (SSSR count). The lowest BCUT2D eigenvalue weighted by Crippen LogP contribution is -2.44. The fourth-order valence-electron chi connectivity index (χ4n) is 9.76. The van der Waals surface area contributed by atoms with Gasteiger partial charge in [0.2, 0.25) is 27.8 Å². The molecule has 2 amide bonds. The Morgan fingerprint density at radius 2 is 1.62 bits per heavy atom. The fraction of sp³-hybridized carbons (Fsp3) is 0.500. The van der Waals surface area contributed by atoms with Crippen LogP contribution in [0, 0.1) is 6.92 Å². The molecule has 4 fully saturated rings. The Labute approximate surface area is 354 Å². The number of anilines is 2. The Morgan fingerprint density at radius 1 is 0.852 bits per heavy atom. The van der Waals surface area contributed by atoms with Crippen LogP contribution in [0.2, 0.25) is 0 Å². The Balaban J connectivity index is 0.747. The summed E-state index contributed by atoms with van der Waals surface area (Å²) < 4.78 is 40.2. The third kappa shape index (κ3) is 8.15. The Morgan fingerprint density at radius 3 is 2.36 bits per heavy atom. The minimum atomic E-state index is -3.71. The summed E-state index contributed by atoms with van der Waals surface area (Å²) in [4.78, 5) is 62.2. The molecule has 4 aliphatic rings. The van der Waals surface area contributed by atoms with Crippen LogP contribution in [0.25, 0.3) is 22.1 Å². The number of imidazole rings is 1. The number of sulfonamides is 1. The second kappa shape index (κ2) is 16.9. The van der Waals surface area contributed by atoms with E-state index in [4.69, 9.17) is 9.72 Å². The lowest BCUT2D eigenvalue weighted by Gasteiger charge is -2.34. The van der Waals surface area contributed by atoms with Gasteiger partial charge in [-0.3, -0.25) is 33.4 Å². The van der Waals surface area contributed by atoms with Crippen LogP contribution < -0.4 is 21.9 Å². The summed E-state index contributed by atoms with van der Waals surface area (Å²) in [6.45, 7) is 5.86. The number of nitrogens with one attached hydrogen (secondary N) is 2. The van der Waals surface area contributed by atoms with Gasteiger partial charge in [0.15, 0.2) is 0 Å². The van der Waals surface area contributed by atoms with Crippen molar-refractivity contribution in [3.05, 3.63) is 86.7 Å². The number of carbonyl (C=O) groups is 2. The first kappa shape index (κ1) is 41.1. The predicted octanol–water partition coefficient (Wildman–Crippen LogP) is 4.64. The molecule has 322 valence electrons. The van der Waals surface area contributed by atoms with Gasteiger partial charge < -0.3 is 15.0 Å². The molecule has 2 N–H and O–H groups in total. The number of piperidine rings is 3. The Bertz CT molecular complexity index is 2720. The third-order valence-electron chi connectivity index (χ3n) is 13.3. The molecular weight excluding hydrogens is 799 g/mol. The van der Waals surface area contributed by atoms with E-state index >= 15 is 0 Å². The number of carbonyl (C=O) groups excluding carboxylic acids is 2. The number of benzene rings is 2. The van der Waals surface area contributed by atoms with E-state index in [1.807, 2.05) is 13.0 Å². The summed E-state index contributed by atoms with van der Waals surface area (Å²) in [7, 11) is -1.99. The molecule has 1 unspecified atom stereocenters. The lowest BCUT2D eigenvalue weighted by atomic mass is 9.89. The summed E-state index contributed by atoms with van der Waals surface area (Å²) >= 11 is 0. The van der Waals surface area contributed by atoms with Crippen molar-refractivity contribution in [3.8, 4) is 0 Å². The molecule has 5 aromatic rings. The zero-order chi connectivity index (χ0) is 42.4. The molecule has 61 heavy (non-hydrogen) atoms. The SMILES string of the molecule is Cc1cc(S(=O)(=O)N2CCC(OCCN3CCC(c4ccc5c(c4)n(C)c(=O)n5C4CCC(=O)NC4=O)CC3)CC2)ccc1Nc1ncc2ccc(=O)n(C3CCCC3)c2n1. The maximum Gasteiger partial charge on any atom is 0.329 e. The van der Waals surface area contributed by atoms with Crippen LogP contribution in [0.15, 0.2) is 69.2 Å². The highest BCUT2D eigenvalue weighted by molar-refractivity contribution is 7.89. The van der Waals surface area contributed by atoms with E-state index in [1.54, 1.807) is 57.0 Å². The van der Waals surface area contributed by atoms with Crippen LogP contribution in [0.1, 0.15) is 93.3 Å². The number of fused-ring (bicyclic) bond motifs is 2. The molecule has 3 aromatic heterocycles. The molecular formula is C44H53N9O7S. The van der Waals surface area contributed by atoms with Gasteiger partial charge in [-0.25, -0.2) is 18.2 Å². The molecule has 2 aromatic carbocycles. The Hall–Kier alpha value is -5.23. The maximum absolute atomic E-state index is 13.8. The molecule has 3 saturated heterocycles. The first-order valence-electron chi connectivity index (χ1n) is 21.6. The largest absolute Gasteiger partial charge is 0.377 e. The zero-order valence-electron chi connectivity index (χ0n) is 34.7. The van der Waals surface area contributed by atoms with Crippen LogP contribution in [0.4, 0.5) is 11.6 Å². The number of aromatic nitrogens is 5. The highest BCUT2D eigenvalue weighted by Gasteiger charge is 2.33. The number of imide groups is 1. The van der Waals surface area contributed by atoms with E-state index in [1.165, 1.54) is 10.1 Å². The van der Waals surface area contributed by atoms with E-state index in [9.17, 15) is 27.6 Å². The van der Waals surface area contributed by atoms with Gasteiger partial charge in [-0.1, -0.05) is 18.9 Å². The first-order chi connectivity index (χ1) is 29.4. The number of amides is 2. The molecule has 1 aliphatic carbocycles. The van der Waals surface area contributed by atoms with Gasteiger partial charge in [0.05, 0.1) is 28.6 Å². The zero-order valence-corrected chi connectivity index (χ0v) is 35.5. The number of rotatable bonds is 11. The standard InChI is InChI=1S/C44H53N9O7S/c1-28-25-34(9-10-35(28)46-43-45-27-31-8-14-40(55)52(41(31)48-43)32-5-3-4-6-32)61(58,59)51-21-17-33(18-22-51)60-24-23-50-19-15-29(16-20-50)30-7-11-36-38(26-30)49(2)44(57)53(36)37-12-13-39(54)47-42(37)56/h7-11,14,25-27,29,32-33,37H,3-6,12-13,15-24H2,1-2H3,(H,45,46,48)(H,47,54,56). The van der Waals surface area contributed by atoms with Gasteiger partial charge >= 0.3 is 5.69 Å². The van der Waals surface area contributed by atoms with Crippen molar-refractivity contribution >= 4 is 55.5 Å². The normalized spacial score (nSPS) is 20.5. The molecule has 3 aliphatic heterocycles. The van der Waals surface area contributed by atoms with Crippen LogP contribution >= 0.6 is 0 Å². The molecule has 0 radical (unpaired) electrons. The molecule has 17 heteroatoms. The van der Waals surface area contributed by atoms with Crippen molar-refractivity contribution in [2.75, 3.05) is 44.6 Å². The second-order valence-electron chi connectivity index (χ2n) is 17.1. The molecule has 0 spiro atoms. The van der Waals surface area contributed by atoms with Crippen molar-refractivity contribution in [1.29, 1.82) is 0 Å². The Kier molecular flexibility index (Phi) is 11.4. The van der Waals surface area contributed by atoms with E-state index in [2.05, 4.69) is 32.7 Å². The molecule has 6 heterocycles. The average Bonchev–Trinajstić information content (AvgIpc) is 3.88. The highest BCUT2D eigenvalue weighted by atomic mass is 32.2. The van der Waals surface area contributed by atoms with Gasteiger partial charge in [0.25, 0.3) is 5.56 Å². The van der Waals surface area contributed by atoms with Crippen LogP contribution in [0.5, 0.6) is 0 Å². The van der Waals surface area contributed by atoms with Crippen molar-refractivity contribution in [3.63, 3.8) is 0 Å². The topological polar surface area (TPSA) is 183 Å². The van der Waals surface area contributed by atoms with E-state index < -0.39 is 22.0 Å². The van der Waals surface area contributed by atoms with E-state index in [0.29, 0.717) is 67.7 Å². The summed E-state index contributed by atoms with van der Waals surface area (Å²) in [6.07, 6.45) is 9.51. The minimum Gasteiger partial charge on any atom is -0.377 e. The number of hydrogen-bond donors (Lipinski definition) is 2.